The number of ether oxygens (including phenoxy) is 1. The molecule has 1 aromatic heterocycles. The highest BCUT2D eigenvalue weighted by Crippen LogP contribution is 2.45. The van der Waals surface area contributed by atoms with Gasteiger partial charge in [0.25, 0.3) is 0 Å². The number of hydrogen-bond donors (Lipinski definition) is 1. The number of aromatic nitrogens is 1. The molecule has 0 saturated carbocycles. The molecule has 0 amide bonds. The Kier molecular flexibility index (Phi) is 4.43. The first-order valence-corrected chi connectivity index (χ1v) is 11.1. The molecule has 0 atom stereocenters. The summed E-state index contributed by atoms with van der Waals surface area (Å²) in [5.74, 6) is 1.76. The minimum atomic E-state index is 0.0894. The van der Waals surface area contributed by atoms with E-state index in [-0.39, 0.29) is 6.04 Å². The summed E-state index contributed by atoms with van der Waals surface area (Å²) in [4.78, 5) is 0. The Morgan fingerprint density at radius 3 is 2.19 bits per heavy atom. The van der Waals surface area contributed by atoms with Crippen LogP contribution in [-0.2, 0) is 6.61 Å². The van der Waals surface area contributed by atoms with Crippen molar-refractivity contribution in [1.29, 1.82) is 0 Å². The topological polar surface area (TPSA) is 34.1 Å². The zero-order valence-electron chi connectivity index (χ0n) is 16.8. The van der Waals surface area contributed by atoms with Crippen LogP contribution in [0.1, 0.15) is 22.7 Å². The van der Waals surface area contributed by atoms with E-state index in [9.17, 15) is 0 Å². The van der Waals surface area contributed by atoms with Crippen molar-refractivity contribution in [3.8, 4) is 16.9 Å². The average molecular weight is 421 g/mol. The molecule has 0 radical (unpaired) electrons. The van der Waals surface area contributed by atoms with Crippen LogP contribution < -0.4 is 10.1 Å². The lowest BCUT2D eigenvalue weighted by Crippen LogP contribution is -2.09. The number of nitrogens with zero attached hydrogens (tertiary/aromatic N) is 1. The predicted molar refractivity (Wildman–Crippen MR) is 128 cm³/mol. The van der Waals surface area contributed by atoms with Crippen molar-refractivity contribution >= 4 is 27.4 Å². The minimum absolute atomic E-state index is 0.0894. The van der Waals surface area contributed by atoms with Crippen LogP contribution in [0.4, 0.5) is 5.82 Å². The van der Waals surface area contributed by atoms with Crippen molar-refractivity contribution in [3.05, 3.63) is 114 Å². The average Bonchev–Trinajstić information content (AvgIpc) is 3.38. The fraction of sp³-hybridized carbons (Fsp3) is 0.0741. The van der Waals surface area contributed by atoms with Crippen LogP contribution in [0.15, 0.2) is 97.1 Å². The highest BCUT2D eigenvalue weighted by atomic mass is 32.1. The molecule has 4 aromatic carbocycles. The molecule has 1 aliphatic rings. The molecule has 3 nitrogen and oxygen atoms in total. The van der Waals surface area contributed by atoms with Crippen LogP contribution in [0.3, 0.4) is 0 Å². The Morgan fingerprint density at radius 1 is 0.774 bits per heavy atom. The number of anilines is 1. The fourth-order valence-electron chi connectivity index (χ4n) is 4.30. The molecule has 6 rings (SSSR count). The van der Waals surface area contributed by atoms with E-state index in [1.165, 1.54) is 33.8 Å². The van der Waals surface area contributed by atoms with Crippen molar-refractivity contribution in [3.63, 3.8) is 0 Å². The third-order valence-electron chi connectivity index (χ3n) is 5.80. The second kappa shape index (κ2) is 7.56. The summed E-state index contributed by atoms with van der Waals surface area (Å²) in [5, 5.41) is 4.82. The summed E-state index contributed by atoms with van der Waals surface area (Å²) in [5.41, 5.74) is 6.33. The smallest absolute Gasteiger partial charge is 0.148 e. The van der Waals surface area contributed by atoms with Crippen molar-refractivity contribution in [2.24, 2.45) is 0 Å². The third-order valence-corrected chi connectivity index (χ3v) is 6.63. The zero-order valence-corrected chi connectivity index (χ0v) is 17.6. The van der Waals surface area contributed by atoms with E-state index in [0.717, 1.165) is 27.2 Å². The van der Waals surface area contributed by atoms with E-state index in [1.807, 2.05) is 24.3 Å². The lowest BCUT2D eigenvalue weighted by molar-refractivity contribution is 0.306. The molecule has 0 fully saturated rings. The van der Waals surface area contributed by atoms with E-state index in [4.69, 9.17) is 9.11 Å². The molecule has 5 aromatic rings. The van der Waals surface area contributed by atoms with Crippen molar-refractivity contribution < 1.29 is 4.74 Å². The Hall–Kier alpha value is -3.63. The molecule has 1 aliphatic carbocycles. The van der Waals surface area contributed by atoms with E-state index in [1.54, 1.807) is 0 Å². The lowest BCUT2D eigenvalue weighted by Gasteiger charge is -2.16. The van der Waals surface area contributed by atoms with Gasteiger partial charge in [0.2, 0.25) is 0 Å². The highest BCUT2D eigenvalue weighted by molar-refractivity contribution is 7.13. The summed E-state index contributed by atoms with van der Waals surface area (Å²) in [6.07, 6.45) is 0. The van der Waals surface area contributed by atoms with Gasteiger partial charge in [-0.3, -0.25) is 0 Å². The van der Waals surface area contributed by atoms with E-state index >= 15 is 0 Å². The van der Waals surface area contributed by atoms with Gasteiger partial charge in [0.1, 0.15) is 18.2 Å². The van der Waals surface area contributed by atoms with Crippen LogP contribution in [0, 0.1) is 0 Å². The minimum Gasteiger partial charge on any atom is -0.489 e. The van der Waals surface area contributed by atoms with Crippen LogP contribution >= 0.6 is 11.5 Å². The first kappa shape index (κ1) is 18.2. The Morgan fingerprint density at radius 2 is 1.45 bits per heavy atom. The molecular weight excluding hydrogens is 400 g/mol. The van der Waals surface area contributed by atoms with Gasteiger partial charge in [-0.05, 0) is 57.5 Å². The Bertz CT molecular complexity index is 1330. The predicted octanol–water partition coefficient (Wildman–Crippen LogP) is 7.06. The highest BCUT2D eigenvalue weighted by Gasteiger charge is 2.28. The number of nitrogens with one attached hydrogen (secondary N) is 1. The van der Waals surface area contributed by atoms with Crippen molar-refractivity contribution in [2.75, 3.05) is 5.32 Å². The molecule has 4 heteroatoms. The van der Waals surface area contributed by atoms with Crippen LogP contribution in [0.25, 0.3) is 21.2 Å². The van der Waals surface area contributed by atoms with E-state index in [2.05, 4.69) is 78.1 Å². The summed E-state index contributed by atoms with van der Waals surface area (Å²) in [7, 11) is 0. The van der Waals surface area contributed by atoms with Crippen LogP contribution in [0.5, 0.6) is 5.75 Å². The number of benzene rings is 4. The normalized spacial score (nSPS) is 12.5. The standard InChI is InChI=1S/C27H20N2OS/c1-2-8-18(9-3-1)17-30-19-14-15-25-24(16-19)27(29-31-25)28-26-22-12-6-4-10-20(22)21-11-5-7-13-23(21)26/h1-16,26H,17H2,(H,28,29). The van der Waals surface area contributed by atoms with Gasteiger partial charge in [-0.25, -0.2) is 0 Å². The van der Waals surface area contributed by atoms with Gasteiger partial charge < -0.3 is 10.1 Å². The maximum Gasteiger partial charge on any atom is 0.148 e. The maximum atomic E-state index is 6.06. The first-order valence-electron chi connectivity index (χ1n) is 10.4. The molecule has 0 saturated heterocycles. The molecule has 0 bridgehead atoms. The monoisotopic (exact) mass is 420 g/mol. The van der Waals surface area contributed by atoms with E-state index < -0.39 is 0 Å². The van der Waals surface area contributed by atoms with Gasteiger partial charge in [-0.2, -0.15) is 4.37 Å². The van der Waals surface area contributed by atoms with Crippen LogP contribution in [-0.4, -0.2) is 4.37 Å². The summed E-state index contributed by atoms with van der Waals surface area (Å²) in [6, 6.07) is 33.8. The number of rotatable bonds is 5. The molecule has 1 heterocycles. The Labute approximate surface area is 185 Å². The summed E-state index contributed by atoms with van der Waals surface area (Å²) < 4.78 is 11.9. The third kappa shape index (κ3) is 3.25. The van der Waals surface area contributed by atoms with Crippen molar-refractivity contribution in [2.45, 2.75) is 12.6 Å². The van der Waals surface area contributed by atoms with Gasteiger partial charge in [-0.1, -0.05) is 78.9 Å². The van der Waals surface area contributed by atoms with Gasteiger partial charge in [0.15, 0.2) is 0 Å². The quantitative estimate of drug-likeness (QED) is 0.330. The SMILES string of the molecule is c1ccc(COc2ccc3snc(NC4c5ccccc5-c5ccccc54)c3c2)cc1. The second-order valence-electron chi connectivity index (χ2n) is 7.72. The molecule has 31 heavy (non-hydrogen) atoms. The second-order valence-corrected chi connectivity index (χ2v) is 8.52. The fourth-order valence-corrected chi connectivity index (χ4v) is 5.02. The van der Waals surface area contributed by atoms with E-state index in [0.29, 0.717) is 6.61 Å². The number of fused-ring (bicyclic) bond motifs is 4. The number of hydrogen-bond acceptors (Lipinski definition) is 4. The maximum absolute atomic E-state index is 6.06. The lowest BCUT2D eigenvalue weighted by atomic mass is 10.1. The molecule has 0 unspecified atom stereocenters. The molecule has 150 valence electrons. The molecule has 0 aliphatic heterocycles. The Balaban J connectivity index is 1.33. The van der Waals surface area contributed by atoms with Gasteiger partial charge >= 0.3 is 0 Å². The molecule has 1 N–H and O–H groups in total. The van der Waals surface area contributed by atoms with Gasteiger partial charge in [0, 0.05) is 5.39 Å². The summed E-state index contributed by atoms with van der Waals surface area (Å²) >= 11 is 1.52. The first-order chi connectivity index (χ1) is 15.4. The van der Waals surface area contributed by atoms with Crippen molar-refractivity contribution in [1.82, 2.24) is 4.37 Å². The van der Waals surface area contributed by atoms with Gasteiger partial charge in [0.05, 0.1) is 10.7 Å². The molecular formula is C27H20N2OS. The molecule has 0 spiro atoms. The van der Waals surface area contributed by atoms with Crippen LogP contribution in [0.2, 0.25) is 0 Å². The zero-order chi connectivity index (χ0) is 20.6. The largest absolute Gasteiger partial charge is 0.489 e. The van der Waals surface area contributed by atoms with Gasteiger partial charge in [-0.15, -0.1) is 0 Å². The summed E-state index contributed by atoms with van der Waals surface area (Å²) in [6.45, 7) is 0.552.